The lowest BCUT2D eigenvalue weighted by Crippen LogP contribution is -1.84. The van der Waals surface area contributed by atoms with Crippen LogP contribution in [0.4, 0.5) is 4.39 Å². The summed E-state index contributed by atoms with van der Waals surface area (Å²) in [5.41, 5.74) is 2.71. The summed E-state index contributed by atoms with van der Waals surface area (Å²) in [5, 5.41) is 0. The van der Waals surface area contributed by atoms with Gasteiger partial charge in [-0.2, -0.15) is 0 Å². The van der Waals surface area contributed by atoms with Crippen molar-refractivity contribution >= 4 is 0 Å². The molecule has 0 N–H and O–H groups in total. The summed E-state index contributed by atoms with van der Waals surface area (Å²) in [6.07, 6.45) is 1.78. The van der Waals surface area contributed by atoms with Gasteiger partial charge in [-0.15, -0.1) is 0 Å². The van der Waals surface area contributed by atoms with Crippen molar-refractivity contribution in [2.45, 2.75) is 34.6 Å². The second kappa shape index (κ2) is 9.34. The van der Waals surface area contributed by atoms with Crippen molar-refractivity contribution in [1.82, 2.24) is 4.98 Å². The van der Waals surface area contributed by atoms with Crippen LogP contribution >= 0.6 is 0 Å². The smallest absolute Gasteiger partial charge is 0.123 e. The van der Waals surface area contributed by atoms with Crippen LogP contribution in [0.15, 0.2) is 42.6 Å². The molecule has 0 saturated carbocycles. The first-order valence-corrected chi connectivity index (χ1v) is 6.44. The van der Waals surface area contributed by atoms with Gasteiger partial charge < -0.3 is 0 Å². The first-order valence-electron chi connectivity index (χ1n) is 6.44. The highest BCUT2D eigenvalue weighted by atomic mass is 19.1. The quantitative estimate of drug-likeness (QED) is 0.670. The van der Waals surface area contributed by atoms with E-state index in [1.165, 1.54) is 12.1 Å². The van der Waals surface area contributed by atoms with Crippen molar-refractivity contribution in [3.8, 4) is 11.3 Å². The summed E-state index contributed by atoms with van der Waals surface area (Å²) < 4.78 is 12.9. The molecule has 1 heterocycles. The number of aromatic nitrogens is 1. The first-order chi connectivity index (χ1) is 8.75. The van der Waals surface area contributed by atoms with E-state index in [2.05, 4.69) is 4.98 Å². The Hall–Kier alpha value is -1.70. The van der Waals surface area contributed by atoms with E-state index in [1.54, 1.807) is 12.3 Å². The fourth-order valence-electron chi connectivity index (χ4n) is 1.29. The van der Waals surface area contributed by atoms with Crippen LogP contribution in [0, 0.1) is 12.7 Å². The van der Waals surface area contributed by atoms with E-state index >= 15 is 0 Å². The lowest BCUT2D eigenvalue weighted by atomic mass is 10.1. The standard InChI is InChI=1S/C12H10FN.2C2H6/c1-9-5-6-12(14-8-9)10-3-2-4-11(13)7-10;2*1-2/h2-8H,1H3;2*1-2H3. The van der Waals surface area contributed by atoms with Gasteiger partial charge in [0, 0.05) is 11.8 Å². The van der Waals surface area contributed by atoms with Crippen LogP contribution in [0.25, 0.3) is 11.3 Å². The second-order valence-electron chi connectivity index (χ2n) is 3.23. The van der Waals surface area contributed by atoms with Crippen LogP contribution in [0.3, 0.4) is 0 Å². The minimum atomic E-state index is -0.232. The fourth-order valence-corrected chi connectivity index (χ4v) is 1.29. The maximum Gasteiger partial charge on any atom is 0.123 e. The molecule has 0 fully saturated rings. The summed E-state index contributed by atoms with van der Waals surface area (Å²) in [6.45, 7) is 9.97. The van der Waals surface area contributed by atoms with Gasteiger partial charge in [0.25, 0.3) is 0 Å². The maximum atomic E-state index is 12.9. The van der Waals surface area contributed by atoms with Gasteiger partial charge >= 0.3 is 0 Å². The van der Waals surface area contributed by atoms with E-state index in [0.29, 0.717) is 0 Å². The number of pyridine rings is 1. The SMILES string of the molecule is CC.CC.Cc1ccc(-c2cccc(F)c2)nc1. The third-order valence-electron chi connectivity index (χ3n) is 2.03. The molecule has 0 unspecified atom stereocenters. The highest BCUT2D eigenvalue weighted by Gasteiger charge is 1.99. The number of nitrogens with zero attached hydrogens (tertiary/aromatic N) is 1. The van der Waals surface area contributed by atoms with Gasteiger partial charge in [0.15, 0.2) is 0 Å². The molecule has 0 amide bonds. The Morgan fingerprint density at radius 1 is 0.944 bits per heavy atom. The molecular formula is C16H22FN. The van der Waals surface area contributed by atoms with Crippen LogP contribution in [0.1, 0.15) is 33.3 Å². The zero-order valence-corrected chi connectivity index (χ0v) is 11.9. The zero-order valence-electron chi connectivity index (χ0n) is 11.9. The van der Waals surface area contributed by atoms with E-state index in [0.717, 1.165) is 16.8 Å². The topological polar surface area (TPSA) is 12.9 Å². The van der Waals surface area contributed by atoms with Gasteiger partial charge in [0.2, 0.25) is 0 Å². The summed E-state index contributed by atoms with van der Waals surface area (Å²) in [4.78, 5) is 4.22. The average molecular weight is 247 g/mol. The van der Waals surface area contributed by atoms with Crippen molar-refractivity contribution in [3.05, 3.63) is 54.0 Å². The van der Waals surface area contributed by atoms with E-state index in [4.69, 9.17) is 0 Å². The number of hydrogen-bond acceptors (Lipinski definition) is 1. The Morgan fingerprint density at radius 3 is 2.11 bits per heavy atom. The Kier molecular flexibility index (Phi) is 8.46. The molecule has 0 spiro atoms. The zero-order chi connectivity index (χ0) is 14.0. The van der Waals surface area contributed by atoms with E-state index in [9.17, 15) is 4.39 Å². The molecule has 18 heavy (non-hydrogen) atoms. The molecule has 0 aliphatic rings. The molecule has 1 aromatic carbocycles. The lowest BCUT2D eigenvalue weighted by molar-refractivity contribution is 0.628. The summed E-state index contributed by atoms with van der Waals surface area (Å²) >= 11 is 0. The molecule has 98 valence electrons. The Morgan fingerprint density at radius 2 is 1.61 bits per heavy atom. The van der Waals surface area contributed by atoms with Gasteiger partial charge in [-0.3, -0.25) is 4.98 Å². The largest absolute Gasteiger partial charge is 0.256 e. The average Bonchev–Trinajstić information content (AvgIpc) is 2.44. The predicted octanol–water partition coefficient (Wildman–Crippen LogP) is 5.25. The molecular weight excluding hydrogens is 225 g/mol. The Bertz CT molecular complexity index is 435. The Labute approximate surface area is 110 Å². The van der Waals surface area contributed by atoms with Gasteiger partial charge in [0.1, 0.15) is 5.82 Å². The molecule has 0 aliphatic carbocycles. The van der Waals surface area contributed by atoms with Crippen LogP contribution < -0.4 is 0 Å². The van der Waals surface area contributed by atoms with Crippen molar-refractivity contribution in [2.24, 2.45) is 0 Å². The van der Waals surface area contributed by atoms with Crippen molar-refractivity contribution < 1.29 is 4.39 Å². The van der Waals surface area contributed by atoms with E-state index in [-0.39, 0.29) is 5.82 Å². The number of halogens is 1. The summed E-state index contributed by atoms with van der Waals surface area (Å²) in [7, 11) is 0. The number of benzene rings is 1. The van der Waals surface area contributed by atoms with Crippen LogP contribution in [0.2, 0.25) is 0 Å². The monoisotopic (exact) mass is 247 g/mol. The van der Waals surface area contributed by atoms with Crippen molar-refractivity contribution in [2.75, 3.05) is 0 Å². The van der Waals surface area contributed by atoms with Gasteiger partial charge in [0.05, 0.1) is 5.69 Å². The summed E-state index contributed by atoms with van der Waals surface area (Å²) in [6, 6.07) is 10.3. The van der Waals surface area contributed by atoms with Crippen LogP contribution in [-0.2, 0) is 0 Å². The number of aryl methyl sites for hydroxylation is 1. The van der Waals surface area contributed by atoms with Gasteiger partial charge in [-0.05, 0) is 30.7 Å². The molecule has 0 atom stereocenters. The summed E-state index contributed by atoms with van der Waals surface area (Å²) in [5.74, 6) is -0.232. The minimum Gasteiger partial charge on any atom is -0.256 e. The first kappa shape index (κ1) is 16.3. The minimum absolute atomic E-state index is 0.232. The highest BCUT2D eigenvalue weighted by molar-refractivity contribution is 5.58. The molecule has 0 radical (unpaired) electrons. The molecule has 0 bridgehead atoms. The number of hydrogen-bond donors (Lipinski definition) is 0. The molecule has 2 heteroatoms. The van der Waals surface area contributed by atoms with Crippen LogP contribution in [0.5, 0.6) is 0 Å². The molecule has 0 aliphatic heterocycles. The molecule has 2 rings (SSSR count). The maximum absolute atomic E-state index is 12.9. The molecule has 0 saturated heterocycles. The van der Waals surface area contributed by atoms with E-state index < -0.39 is 0 Å². The van der Waals surface area contributed by atoms with Gasteiger partial charge in [-0.1, -0.05) is 45.9 Å². The van der Waals surface area contributed by atoms with E-state index in [1.807, 2.05) is 52.8 Å². The third kappa shape index (κ3) is 5.09. The van der Waals surface area contributed by atoms with Gasteiger partial charge in [-0.25, -0.2) is 4.39 Å². The van der Waals surface area contributed by atoms with Crippen molar-refractivity contribution in [3.63, 3.8) is 0 Å². The Balaban J connectivity index is 0.000000659. The fraction of sp³-hybridized carbons (Fsp3) is 0.312. The second-order valence-corrected chi connectivity index (χ2v) is 3.23. The highest BCUT2D eigenvalue weighted by Crippen LogP contribution is 2.17. The lowest BCUT2D eigenvalue weighted by Gasteiger charge is -2.00. The normalized spacial score (nSPS) is 8.56. The molecule has 1 aromatic heterocycles. The third-order valence-corrected chi connectivity index (χ3v) is 2.03. The molecule has 2 aromatic rings. The predicted molar refractivity (Wildman–Crippen MR) is 77.1 cm³/mol. The molecule has 1 nitrogen and oxygen atoms in total. The number of rotatable bonds is 1. The van der Waals surface area contributed by atoms with Crippen LogP contribution in [-0.4, -0.2) is 4.98 Å². The van der Waals surface area contributed by atoms with Crippen molar-refractivity contribution in [1.29, 1.82) is 0 Å².